The number of halogens is 2. The second kappa shape index (κ2) is 10.2. The predicted molar refractivity (Wildman–Crippen MR) is 100.0 cm³/mol. The van der Waals surface area contributed by atoms with E-state index in [2.05, 4.69) is 5.32 Å². The molecule has 160 valence electrons. The summed E-state index contributed by atoms with van der Waals surface area (Å²) in [5.41, 5.74) is -0.984. The number of carbonyl (C=O) groups excluding carboxylic acids is 3. The quantitative estimate of drug-likeness (QED) is 0.696. The molecule has 1 aliphatic heterocycles. The molecule has 1 saturated heterocycles. The van der Waals surface area contributed by atoms with Gasteiger partial charge in [-0.05, 0) is 44.7 Å². The van der Waals surface area contributed by atoms with Crippen molar-refractivity contribution in [2.75, 3.05) is 32.8 Å². The number of nitrogens with zero attached hydrogens (tertiary/aromatic N) is 1. The van der Waals surface area contributed by atoms with Crippen LogP contribution >= 0.6 is 0 Å². The van der Waals surface area contributed by atoms with Crippen LogP contribution in [0, 0.1) is 17.0 Å². The van der Waals surface area contributed by atoms with Gasteiger partial charge in [0.05, 0.1) is 18.6 Å². The van der Waals surface area contributed by atoms with Crippen LogP contribution in [0.25, 0.3) is 0 Å². The average molecular weight is 412 g/mol. The minimum Gasteiger partial charge on any atom is -0.466 e. The van der Waals surface area contributed by atoms with Crippen molar-refractivity contribution < 1.29 is 32.6 Å². The molecule has 1 aromatic rings. The monoisotopic (exact) mass is 412 g/mol. The van der Waals surface area contributed by atoms with Gasteiger partial charge in [0.25, 0.3) is 0 Å². The van der Waals surface area contributed by atoms with Crippen molar-refractivity contribution in [3.05, 3.63) is 35.4 Å². The van der Waals surface area contributed by atoms with Gasteiger partial charge in [-0.15, -0.1) is 0 Å². The Labute approximate surface area is 168 Å². The van der Waals surface area contributed by atoms with Crippen LogP contribution in [0.1, 0.15) is 32.3 Å². The minimum atomic E-state index is -1.16. The number of ether oxygens (including phenoxy) is 2. The SMILES string of the molecule is CCOC(=O)CNC(=O)N1CCCC(Cc2ccc(F)cc2F)(C(=O)OCC)C1. The lowest BCUT2D eigenvalue weighted by Crippen LogP contribution is -2.54. The van der Waals surface area contributed by atoms with E-state index in [-0.39, 0.29) is 38.3 Å². The summed E-state index contributed by atoms with van der Waals surface area (Å²) in [6.07, 6.45) is 0.859. The van der Waals surface area contributed by atoms with E-state index >= 15 is 0 Å². The topological polar surface area (TPSA) is 84.9 Å². The highest BCUT2D eigenvalue weighted by Gasteiger charge is 2.45. The molecule has 1 N–H and O–H groups in total. The smallest absolute Gasteiger partial charge is 0.325 e. The molecule has 9 heteroatoms. The van der Waals surface area contributed by atoms with E-state index in [1.54, 1.807) is 13.8 Å². The third kappa shape index (κ3) is 5.88. The number of amides is 2. The molecule has 0 spiro atoms. The first kappa shape index (κ1) is 22.6. The Morgan fingerprint density at radius 3 is 2.55 bits per heavy atom. The average Bonchev–Trinajstić information content (AvgIpc) is 2.69. The van der Waals surface area contributed by atoms with Crippen LogP contribution < -0.4 is 5.32 Å². The number of hydrogen-bond acceptors (Lipinski definition) is 5. The van der Waals surface area contributed by atoms with Crippen molar-refractivity contribution in [3.8, 4) is 0 Å². The number of esters is 2. The predicted octanol–water partition coefficient (Wildman–Crippen LogP) is 2.43. The number of urea groups is 1. The largest absolute Gasteiger partial charge is 0.466 e. The maximum absolute atomic E-state index is 14.2. The molecule has 1 heterocycles. The van der Waals surface area contributed by atoms with E-state index in [1.807, 2.05) is 0 Å². The molecule has 1 aliphatic rings. The molecule has 0 aliphatic carbocycles. The van der Waals surface area contributed by atoms with Crippen LogP contribution in [0.5, 0.6) is 0 Å². The highest BCUT2D eigenvalue weighted by Crippen LogP contribution is 2.36. The number of hydrogen-bond donors (Lipinski definition) is 1. The zero-order valence-electron chi connectivity index (χ0n) is 16.6. The molecule has 0 saturated carbocycles. The third-order valence-electron chi connectivity index (χ3n) is 4.81. The molecule has 1 atom stereocenters. The van der Waals surface area contributed by atoms with Crippen molar-refractivity contribution in [2.24, 2.45) is 5.41 Å². The number of piperidine rings is 1. The Morgan fingerprint density at radius 2 is 1.90 bits per heavy atom. The van der Waals surface area contributed by atoms with Crippen LogP contribution in [0.4, 0.5) is 13.6 Å². The van der Waals surface area contributed by atoms with E-state index in [0.717, 1.165) is 12.1 Å². The Morgan fingerprint density at radius 1 is 1.17 bits per heavy atom. The van der Waals surface area contributed by atoms with Crippen molar-refractivity contribution in [2.45, 2.75) is 33.1 Å². The van der Waals surface area contributed by atoms with Gasteiger partial charge in [0.15, 0.2) is 0 Å². The van der Waals surface area contributed by atoms with Crippen LogP contribution in [0.3, 0.4) is 0 Å². The maximum Gasteiger partial charge on any atom is 0.325 e. The fourth-order valence-electron chi connectivity index (χ4n) is 3.47. The van der Waals surface area contributed by atoms with Crippen molar-refractivity contribution >= 4 is 18.0 Å². The molecule has 0 radical (unpaired) electrons. The highest BCUT2D eigenvalue weighted by atomic mass is 19.1. The van der Waals surface area contributed by atoms with Crippen LogP contribution in [0.15, 0.2) is 18.2 Å². The van der Waals surface area contributed by atoms with Crippen molar-refractivity contribution in [3.63, 3.8) is 0 Å². The van der Waals surface area contributed by atoms with E-state index in [1.165, 1.54) is 11.0 Å². The van der Waals surface area contributed by atoms with E-state index < -0.39 is 35.0 Å². The van der Waals surface area contributed by atoms with E-state index in [4.69, 9.17) is 9.47 Å². The molecule has 1 unspecified atom stereocenters. The molecule has 2 amide bonds. The first-order chi connectivity index (χ1) is 13.8. The molecule has 1 fully saturated rings. The zero-order valence-corrected chi connectivity index (χ0v) is 16.6. The molecule has 1 aromatic carbocycles. The fourth-order valence-corrected chi connectivity index (χ4v) is 3.47. The molecule has 0 bridgehead atoms. The maximum atomic E-state index is 14.2. The lowest BCUT2D eigenvalue weighted by molar-refractivity contribution is -0.158. The van der Waals surface area contributed by atoms with Crippen molar-refractivity contribution in [1.29, 1.82) is 0 Å². The summed E-state index contributed by atoms with van der Waals surface area (Å²) in [6.45, 7) is 3.75. The van der Waals surface area contributed by atoms with Crippen LogP contribution in [0.2, 0.25) is 0 Å². The molecular weight excluding hydrogens is 386 g/mol. The zero-order chi connectivity index (χ0) is 21.4. The summed E-state index contributed by atoms with van der Waals surface area (Å²) in [5, 5.41) is 2.47. The van der Waals surface area contributed by atoms with Gasteiger partial charge in [0, 0.05) is 19.2 Å². The molecule has 29 heavy (non-hydrogen) atoms. The Hall–Kier alpha value is -2.71. The first-order valence-corrected chi connectivity index (χ1v) is 9.61. The summed E-state index contributed by atoms with van der Waals surface area (Å²) in [7, 11) is 0. The van der Waals surface area contributed by atoms with Crippen LogP contribution in [-0.2, 0) is 25.5 Å². The second-order valence-corrected chi connectivity index (χ2v) is 6.90. The lowest BCUT2D eigenvalue weighted by atomic mass is 9.75. The molecule has 2 rings (SSSR count). The van der Waals surface area contributed by atoms with E-state index in [0.29, 0.717) is 19.4 Å². The number of carbonyl (C=O) groups is 3. The van der Waals surface area contributed by atoms with Gasteiger partial charge in [-0.2, -0.15) is 0 Å². The lowest BCUT2D eigenvalue weighted by Gasteiger charge is -2.41. The van der Waals surface area contributed by atoms with Gasteiger partial charge in [-0.1, -0.05) is 6.07 Å². The number of nitrogens with one attached hydrogen (secondary N) is 1. The Balaban J connectivity index is 2.18. The highest BCUT2D eigenvalue weighted by molar-refractivity contribution is 5.83. The summed E-state index contributed by atoms with van der Waals surface area (Å²) < 4.78 is 37.5. The van der Waals surface area contributed by atoms with Gasteiger partial charge in [0.1, 0.15) is 18.2 Å². The second-order valence-electron chi connectivity index (χ2n) is 6.90. The molecular formula is C20H26F2N2O5. The standard InChI is InChI=1S/C20H26F2N2O5/c1-3-28-17(25)12-23-19(27)24-9-5-8-20(13-24,18(26)29-4-2)11-14-6-7-15(21)10-16(14)22/h6-7,10H,3-5,8-9,11-13H2,1-2H3,(H,23,27). The van der Waals surface area contributed by atoms with Gasteiger partial charge < -0.3 is 19.7 Å². The van der Waals surface area contributed by atoms with Gasteiger partial charge in [0.2, 0.25) is 0 Å². The number of benzene rings is 1. The summed E-state index contributed by atoms with van der Waals surface area (Å²) in [4.78, 5) is 38.1. The fraction of sp³-hybridized carbons (Fsp3) is 0.550. The third-order valence-corrected chi connectivity index (χ3v) is 4.81. The normalized spacial score (nSPS) is 18.8. The first-order valence-electron chi connectivity index (χ1n) is 9.61. The van der Waals surface area contributed by atoms with Gasteiger partial charge in [-0.25, -0.2) is 13.6 Å². The van der Waals surface area contributed by atoms with Crippen LogP contribution in [-0.4, -0.2) is 55.7 Å². The Kier molecular flexibility index (Phi) is 7.92. The summed E-state index contributed by atoms with van der Waals surface area (Å²) >= 11 is 0. The van der Waals surface area contributed by atoms with Gasteiger partial charge in [-0.3, -0.25) is 9.59 Å². The molecule has 7 nitrogen and oxygen atoms in total. The van der Waals surface area contributed by atoms with Gasteiger partial charge >= 0.3 is 18.0 Å². The molecule has 0 aromatic heterocycles. The minimum absolute atomic E-state index is 0.00267. The number of likely N-dealkylation sites (tertiary alicyclic amines) is 1. The van der Waals surface area contributed by atoms with E-state index in [9.17, 15) is 23.2 Å². The number of rotatable bonds is 7. The summed E-state index contributed by atoms with van der Waals surface area (Å²) in [5.74, 6) is -2.56. The van der Waals surface area contributed by atoms with Crippen molar-refractivity contribution in [1.82, 2.24) is 10.2 Å². The summed E-state index contributed by atoms with van der Waals surface area (Å²) in [6, 6.07) is 2.67. The Bertz CT molecular complexity index is 758.